The lowest BCUT2D eigenvalue weighted by atomic mass is 10.0. The van der Waals surface area contributed by atoms with Gasteiger partial charge in [0.15, 0.2) is 0 Å². The fourth-order valence-electron chi connectivity index (χ4n) is 3.32. The molecule has 28 heavy (non-hydrogen) atoms. The number of carbonyl (C=O) groups excluding carboxylic acids is 1. The van der Waals surface area contributed by atoms with Crippen LogP contribution in [-0.4, -0.2) is 10.7 Å². The number of nitrogens with zero attached hydrogens (tertiary/aromatic N) is 1. The molecule has 1 heterocycles. The molecule has 1 amide bonds. The minimum Gasteiger partial charge on any atom is -0.444 e. The fraction of sp³-hybridized carbons (Fsp3) is 0.0870. The van der Waals surface area contributed by atoms with Gasteiger partial charge in [-0.3, -0.25) is 5.32 Å². The SMILES string of the molecule is Cn1c(NC(=O)OCc2ccccc2)c(-c2ccccc2)c2cc(Cl)ccc21. The van der Waals surface area contributed by atoms with Gasteiger partial charge in [0.05, 0.1) is 5.52 Å². The van der Waals surface area contributed by atoms with Crippen molar-refractivity contribution >= 4 is 34.4 Å². The first-order valence-corrected chi connectivity index (χ1v) is 9.32. The van der Waals surface area contributed by atoms with Gasteiger partial charge in [0.1, 0.15) is 12.4 Å². The van der Waals surface area contributed by atoms with E-state index >= 15 is 0 Å². The van der Waals surface area contributed by atoms with E-state index in [9.17, 15) is 4.79 Å². The van der Waals surface area contributed by atoms with Crippen molar-refractivity contribution in [1.82, 2.24) is 4.57 Å². The molecule has 0 atom stereocenters. The lowest BCUT2D eigenvalue weighted by molar-refractivity contribution is 0.155. The van der Waals surface area contributed by atoms with E-state index in [-0.39, 0.29) is 6.61 Å². The lowest BCUT2D eigenvalue weighted by Crippen LogP contribution is -2.16. The highest BCUT2D eigenvalue weighted by molar-refractivity contribution is 6.31. The predicted molar refractivity (Wildman–Crippen MR) is 114 cm³/mol. The van der Waals surface area contributed by atoms with Crippen molar-refractivity contribution in [2.45, 2.75) is 6.61 Å². The van der Waals surface area contributed by atoms with Crippen LogP contribution < -0.4 is 5.32 Å². The summed E-state index contributed by atoms with van der Waals surface area (Å²) in [4.78, 5) is 12.5. The Balaban J connectivity index is 1.70. The fourth-order valence-corrected chi connectivity index (χ4v) is 3.49. The molecule has 4 aromatic rings. The van der Waals surface area contributed by atoms with Gasteiger partial charge in [-0.2, -0.15) is 0 Å². The topological polar surface area (TPSA) is 43.3 Å². The van der Waals surface area contributed by atoms with Crippen LogP contribution >= 0.6 is 11.6 Å². The van der Waals surface area contributed by atoms with Gasteiger partial charge in [-0.15, -0.1) is 0 Å². The summed E-state index contributed by atoms with van der Waals surface area (Å²) in [7, 11) is 1.91. The second-order valence-corrected chi connectivity index (χ2v) is 6.93. The van der Waals surface area contributed by atoms with E-state index < -0.39 is 6.09 Å². The van der Waals surface area contributed by atoms with Gasteiger partial charge in [0, 0.05) is 23.0 Å². The van der Waals surface area contributed by atoms with E-state index in [0.29, 0.717) is 10.8 Å². The second kappa shape index (κ2) is 7.79. The molecular formula is C23H19ClN2O2. The molecule has 0 saturated heterocycles. The molecule has 0 saturated carbocycles. The van der Waals surface area contributed by atoms with Gasteiger partial charge in [-0.05, 0) is 29.3 Å². The van der Waals surface area contributed by atoms with E-state index in [1.807, 2.05) is 90.5 Å². The smallest absolute Gasteiger partial charge is 0.413 e. The number of amides is 1. The summed E-state index contributed by atoms with van der Waals surface area (Å²) in [6, 6.07) is 25.2. The molecule has 1 N–H and O–H groups in total. The van der Waals surface area contributed by atoms with Gasteiger partial charge in [0.2, 0.25) is 0 Å². The molecule has 0 aliphatic heterocycles. The predicted octanol–water partition coefficient (Wildman–Crippen LogP) is 6.25. The van der Waals surface area contributed by atoms with Crippen LogP contribution in [0.1, 0.15) is 5.56 Å². The molecule has 4 nitrogen and oxygen atoms in total. The van der Waals surface area contributed by atoms with Crippen LogP contribution in [0.15, 0.2) is 78.9 Å². The average Bonchev–Trinajstić information content (AvgIpc) is 2.99. The Bertz CT molecular complexity index is 1120. The molecule has 140 valence electrons. The zero-order valence-electron chi connectivity index (χ0n) is 15.4. The molecule has 4 rings (SSSR count). The number of hydrogen-bond acceptors (Lipinski definition) is 2. The molecule has 1 aromatic heterocycles. The molecule has 0 aliphatic rings. The second-order valence-electron chi connectivity index (χ2n) is 6.50. The van der Waals surface area contributed by atoms with Crippen LogP contribution in [0.2, 0.25) is 5.02 Å². The number of hydrogen-bond donors (Lipinski definition) is 1. The third-order valence-electron chi connectivity index (χ3n) is 4.66. The van der Waals surface area contributed by atoms with Crippen molar-refractivity contribution in [3.8, 4) is 11.1 Å². The summed E-state index contributed by atoms with van der Waals surface area (Å²) in [6.45, 7) is 0.211. The van der Waals surface area contributed by atoms with E-state index in [0.717, 1.165) is 27.6 Å². The standard InChI is InChI=1S/C23H19ClN2O2/c1-26-20-13-12-18(24)14-19(20)21(17-10-6-3-7-11-17)22(26)25-23(27)28-15-16-8-4-2-5-9-16/h2-14H,15H2,1H3,(H,25,27). The van der Waals surface area contributed by atoms with Crippen molar-refractivity contribution in [2.24, 2.45) is 7.05 Å². The van der Waals surface area contributed by atoms with E-state index in [4.69, 9.17) is 16.3 Å². The Morgan fingerprint density at radius 1 is 1.00 bits per heavy atom. The van der Waals surface area contributed by atoms with Gasteiger partial charge >= 0.3 is 6.09 Å². The van der Waals surface area contributed by atoms with Crippen molar-refractivity contribution in [1.29, 1.82) is 0 Å². The number of aromatic nitrogens is 1. The van der Waals surface area contributed by atoms with Crippen LogP contribution in [0, 0.1) is 0 Å². The molecular weight excluding hydrogens is 372 g/mol. The third-order valence-corrected chi connectivity index (χ3v) is 4.89. The lowest BCUT2D eigenvalue weighted by Gasteiger charge is -2.11. The first-order chi connectivity index (χ1) is 13.6. The van der Waals surface area contributed by atoms with Crippen LogP contribution in [0.25, 0.3) is 22.0 Å². The summed E-state index contributed by atoms with van der Waals surface area (Å²) in [6.07, 6.45) is -0.502. The van der Waals surface area contributed by atoms with Gasteiger partial charge in [-0.25, -0.2) is 4.79 Å². The van der Waals surface area contributed by atoms with Gasteiger partial charge in [-0.1, -0.05) is 72.3 Å². The van der Waals surface area contributed by atoms with Crippen molar-refractivity contribution in [2.75, 3.05) is 5.32 Å². The third kappa shape index (κ3) is 3.59. The van der Waals surface area contributed by atoms with Crippen LogP contribution in [-0.2, 0) is 18.4 Å². The number of rotatable bonds is 4. The first-order valence-electron chi connectivity index (χ1n) is 8.94. The van der Waals surface area contributed by atoms with Gasteiger partial charge < -0.3 is 9.30 Å². The van der Waals surface area contributed by atoms with Crippen molar-refractivity contribution in [3.63, 3.8) is 0 Å². The van der Waals surface area contributed by atoms with Gasteiger partial charge in [0.25, 0.3) is 0 Å². The van der Waals surface area contributed by atoms with E-state index in [1.54, 1.807) is 0 Å². The summed E-state index contributed by atoms with van der Waals surface area (Å²) in [5.41, 5.74) is 3.82. The Labute approximate surface area is 168 Å². The summed E-state index contributed by atoms with van der Waals surface area (Å²) in [5.74, 6) is 0.668. The highest BCUT2D eigenvalue weighted by atomic mass is 35.5. The Kier molecular flexibility index (Phi) is 5.04. The quantitative estimate of drug-likeness (QED) is 0.447. The van der Waals surface area contributed by atoms with Crippen LogP contribution in [0.5, 0.6) is 0 Å². The Morgan fingerprint density at radius 3 is 2.39 bits per heavy atom. The van der Waals surface area contributed by atoms with Crippen molar-refractivity contribution < 1.29 is 9.53 Å². The zero-order chi connectivity index (χ0) is 19.5. The minimum absolute atomic E-state index is 0.211. The largest absolute Gasteiger partial charge is 0.444 e. The Hall–Kier alpha value is -3.24. The molecule has 0 radical (unpaired) electrons. The molecule has 0 bridgehead atoms. The highest BCUT2D eigenvalue weighted by Gasteiger charge is 2.19. The first kappa shape index (κ1) is 18.1. The van der Waals surface area contributed by atoms with Crippen LogP contribution in [0.4, 0.5) is 10.6 Å². The molecule has 0 spiro atoms. The maximum absolute atomic E-state index is 12.5. The zero-order valence-corrected chi connectivity index (χ0v) is 16.1. The number of aryl methyl sites for hydroxylation is 1. The minimum atomic E-state index is -0.502. The molecule has 5 heteroatoms. The molecule has 0 fully saturated rings. The Morgan fingerprint density at radius 2 is 1.68 bits per heavy atom. The number of fused-ring (bicyclic) bond motifs is 1. The molecule has 0 aliphatic carbocycles. The molecule has 3 aromatic carbocycles. The number of halogens is 1. The summed E-state index contributed by atoms with van der Waals surface area (Å²) in [5, 5.41) is 4.53. The number of anilines is 1. The van der Waals surface area contributed by atoms with E-state index in [1.165, 1.54) is 0 Å². The normalized spacial score (nSPS) is 10.8. The van der Waals surface area contributed by atoms with Crippen molar-refractivity contribution in [3.05, 3.63) is 89.4 Å². The highest BCUT2D eigenvalue weighted by Crippen LogP contribution is 2.39. The number of benzene rings is 3. The molecule has 0 unspecified atom stereocenters. The maximum atomic E-state index is 12.5. The average molecular weight is 391 g/mol. The number of ether oxygens (including phenoxy) is 1. The monoisotopic (exact) mass is 390 g/mol. The van der Waals surface area contributed by atoms with E-state index in [2.05, 4.69) is 5.32 Å². The summed E-state index contributed by atoms with van der Waals surface area (Å²) < 4.78 is 7.35. The van der Waals surface area contributed by atoms with Crippen LogP contribution in [0.3, 0.4) is 0 Å². The summed E-state index contributed by atoms with van der Waals surface area (Å²) >= 11 is 6.24. The number of nitrogens with one attached hydrogen (secondary N) is 1. The maximum Gasteiger partial charge on any atom is 0.413 e. The number of carbonyl (C=O) groups is 1.